The van der Waals surface area contributed by atoms with Crippen LogP contribution in [-0.4, -0.2) is 36.1 Å². The van der Waals surface area contributed by atoms with E-state index >= 15 is 0 Å². The lowest BCUT2D eigenvalue weighted by Gasteiger charge is -2.36. The molecule has 5 nitrogen and oxygen atoms in total. The van der Waals surface area contributed by atoms with Gasteiger partial charge in [-0.25, -0.2) is 14.4 Å². The number of hydrogen-bond acceptors (Lipinski definition) is 5. The lowest BCUT2D eigenvalue weighted by Crippen LogP contribution is -2.47. The second kappa shape index (κ2) is 5.85. The van der Waals surface area contributed by atoms with Crippen LogP contribution < -0.4 is 15.5 Å². The minimum atomic E-state index is -0.302. The fourth-order valence-corrected chi connectivity index (χ4v) is 2.68. The largest absolute Gasteiger partial charge is 0.397 e. The molecule has 1 saturated heterocycles. The molecule has 3 heterocycles. The highest BCUT2D eigenvalue weighted by molar-refractivity contribution is 9.10. The maximum Gasteiger partial charge on any atom is 0.166 e. The third-order valence-electron chi connectivity index (χ3n) is 3.46. The summed E-state index contributed by atoms with van der Waals surface area (Å²) in [5.74, 6) is 1.000. The van der Waals surface area contributed by atoms with Crippen molar-refractivity contribution < 1.29 is 4.39 Å². The van der Waals surface area contributed by atoms with Gasteiger partial charge in [0.15, 0.2) is 11.6 Å². The highest BCUT2D eigenvalue weighted by atomic mass is 79.9. The summed E-state index contributed by atoms with van der Waals surface area (Å²) in [5.41, 5.74) is 6.29. The molecule has 0 radical (unpaired) electrons. The first kappa shape index (κ1) is 14.1. The third-order valence-corrected chi connectivity index (χ3v) is 3.90. The summed E-state index contributed by atoms with van der Waals surface area (Å²) < 4.78 is 14.6. The zero-order chi connectivity index (χ0) is 14.8. The van der Waals surface area contributed by atoms with Crippen molar-refractivity contribution >= 4 is 33.3 Å². The Bertz CT molecular complexity index is 626. The summed E-state index contributed by atoms with van der Waals surface area (Å²) in [4.78, 5) is 12.6. The third kappa shape index (κ3) is 3.07. The van der Waals surface area contributed by atoms with E-state index in [1.807, 2.05) is 17.0 Å². The van der Waals surface area contributed by atoms with Crippen molar-refractivity contribution in [3.8, 4) is 0 Å². The monoisotopic (exact) mass is 351 g/mol. The Labute approximate surface area is 130 Å². The van der Waals surface area contributed by atoms with Crippen LogP contribution in [0.5, 0.6) is 0 Å². The van der Waals surface area contributed by atoms with E-state index in [2.05, 4.69) is 30.8 Å². The van der Waals surface area contributed by atoms with Gasteiger partial charge in [0.1, 0.15) is 5.82 Å². The predicted molar refractivity (Wildman–Crippen MR) is 85.0 cm³/mol. The first-order valence-electron chi connectivity index (χ1n) is 6.66. The number of nitrogens with two attached hydrogens (primary N) is 1. The standard InChI is InChI=1S/C14H15BrFN5/c15-10-7-12(16)14(19-8-10)21-5-3-20(4-6-21)13-2-1-11(17)9-18-13/h1-2,7-9H,3-6,17H2. The number of nitrogens with zero attached hydrogens (tertiary/aromatic N) is 4. The van der Waals surface area contributed by atoms with Crippen LogP contribution in [0, 0.1) is 5.82 Å². The number of anilines is 3. The number of hydrogen-bond donors (Lipinski definition) is 1. The molecule has 0 saturated carbocycles. The Morgan fingerprint density at radius 3 is 2.38 bits per heavy atom. The maximum atomic E-state index is 13.9. The molecule has 0 atom stereocenters. The van der Waals surface area contributed by atoms with Crippen LogP contribution in [0.2, 0.25) is 0 Å². The molecular weight excluding hydrogens is 337 g/mol. The average Bonchev–Trinajstić information content (AvgIpc) is 2.48. The minimum absolute atomic E-state index is 0.302. The molecule has 2 aromatic rings. The summed E-state index contributed by atoms with van der Waals surface area (Å²) >= 11 is 3.22. The molecule has 2 N–H and O–H groups in total. The van der Waals surface area contributed by atoms with Crippen molar-refractivity contribution in [2.45, 2.75) is 0 Å². The van der Waals surface area contributed by atoms with Crippen LogP contribution >= 0.6 is 15.9 Å². The molecule has 110 valence electrons. The molecule has 1 aliphatic rings. The van der Waals surface area contributed by atoms with Gasteiger partial charge in [-0.1, -0.05) is 0 Å². The average molecular weight is 352 g/mol. The second-order valence-electron chi connectivity index (χ2n) is 4.88. The summed E-state index contributed by atoms with van der Waals surface area (Å²) in [6, 6.07) is 5.18. The zero-order valence-corrected chi connectivity index (χ0v) is 12.9. The van der Waals surface area contributed by atoms with Gasteiger partial charge < -0.3 is 15.5 Å². The Morgan fingerprint density at radius 2 is 1.76 bits per heavy atom. The summed E-state index contributed by atoms with van der Waals surface area (Å²) in [6.45, 7) is 2.96. The predicted octanol–water partition coefficient (Wildman–Crippen LogP) is 2.29. The lowest BCUT2D eigenvalue weighted by molar-refractivity contribution is 0.586. The van der Waals surface area contributed by atoms with Gasteiger partial charge in [-0.05, 0) is 34.1 Å². The van der Waals surface area contributed by atoms with Crippen LogP contribution in [0.1, 0.15) is 0 Å². The Morgan fingerprint density at radius 1 is 1.05 bits per heavy atom. The van der Waals surface area contributed by atoms with Gasteiger partial charge in [-0.2, -0.15) is 0 Å². The number of pyridine rings is 2. The van der Waals surface area contributed by atoms with Crippen molar-refractivity contribution in [3.05, 3.63) is 40.9 Å². The number of piperazine rings is 1. The Balaban J connectivity index is 1.68. The smallest absolute Gasteiger partial charge is 0.166 e. The molecule has 7 heteroatoms. The number of halogens is 2. The Hall–Kier alpha value is -1.89. The minimum Gasteiger partial charge on any atom is -0.397 e. The molecule has 0 bridgehead atoms. The van der Waals surface area contributed by atoms with Gasteiger partial charge in [-0.3, -0.25) is 0 Å². The van der Waals surface area contributed by atoms with Crippen LogP contribution in [0.4, 0.5) is 21.7 Å². The van der Waals surface area contributed by atoms with E-state index in [9.17, 15) is 4.39 Å². The fraction of sp³-hybridized carbons (Fsp3) is 0.286. The van der Waals surface area contributed by atoms with Crippen molar-refractivity contribution in [1.29, 1.82) is 0 Å². The van der Waals surface area contributed by atoms with Crippen LogP contribution in [-0.2, 0) is 0 Å². The summed E-state index contributed by atoms with van der Waals surface area (Å²) in [7, 11) is 0. The highest BCUT2D eigenvalue weighted by Crippen LogP contribution is 2.22. The van der Waals surface area contributed by atoms with Crippen molar-refractivity contribution in [2.24, 2.45) is 0 Å². The van der Waals surface area contributed by atoms with E-state index in [0.29, 0.717) is 29.1 Å². The van der Waals surface area contributed by atoms with E-state index < -0.39 is 0 Å². The normalized spacial score (nSPS) is 15.3. The van der Waals surface area contributed by atoms with Gasteiger partial charge in [0.25, 0.3) is 0 Å². The fourth-order valence-electron chi connectivity index (χ4n) is 2.37. The van der Waals surface area contributed by atoms with Crippen LogP contribution in [0.25, 0.3) is 0 Å². The van der Waals surface area contributed by atoms with E-state index in [1.165, 1.54) is 6.07 Å². The van der Waals surface area contributed by atoms with Gasteiger partial charge in [-0.15, -0.1) is 0 Å². The van der Waals surface area contributed by atoms with Gasteiger partial charge in [0, 0.05) is 36.8 Å². The molecule has 3 rings (SSSR count). The van der Waals surface area contributed by atoms with Crippen LogP contribution in [0.15, 0.2) is 35.1 Å². The lowest BCUT2D eigenvalue weighted by atomic mass is 10.3. The van der Waals surface area contributed by atoms with Crippen molar-refractivity contribution in [2.75, 3.05) is 41.7 Å². The van der Waals surface area contributed by atoms with E-state index in [0.717, 1.165) is 18.9 Å². The first-order chi connectivity index (χ1) is 10.1. The summed E-state index contributed by atoms with van der Waals surface area (Å²) in [6.07, 6.45) is 3.27. The maximum absolute atomic E-state index is 13.9. The molecule has 1 aliphatic heterocycles. The molecule has 0 aliphatic carbocycles. The molecule has 0 spiro atoms. The van der Waals surface area contributed by atoms with Crippen molar-refractivity contribution in [1.82, 2.24) is 9.97 Å². The number of rotatable bonds is 2. The number of aromatic nitrogens is 2. The Kier molecular flexibility index (Phi) is 3.92. The van der Waals surface area contributed by atoms with Gasteiger partial charge in [0.2, 0.25) is 0 Å². The molecular formula is C14H15BrFN5. The second-order valence-corrected chi connectivity index (χ2v) is 5.80. The van der Waals surface area contributed by atoms with Gasteiger partial charge in [0.05, 0.1) is 11.9 Å². The van der Waals surface area contributed by atoms with E-state index in [4.69, 9.17) is 5.73 Å². The van der Waals surface area contributed by atoms with E-state index in [-0.39, 0.29) is 5.82 Å². The SMILES string of the molecule is Nc1ccc(N2CCN(c3ncc(Br)cc3F)CC2)nc1. The number of nitrogen functional groups attached to an aromatic ring is 1. The topological polar surface area (TPSA) is 58.3 Å². The van der Waals surface area contributed by atoms with E-state index in [1.54, 1.807) is 12.4 Å². The van der Waals surface area contributed by atoms with Crippen LogP contribution in [0.3, 0.4) is 0 Å². The highest BCUT2D eigenvalue weighted by Gasteiger charge is 2.21. The molecule has 2 aromatic heterocycles. The molecule has 0 aromatic carbocycles. The van der Waals surface area contributed by atoms with Gasteiger partial charge >= 0.3 is 0 Å². The molecule has 0 amide bonds. The zero-order valence-electron chi connectivity index (χ0n) is 11.3. The van der Waals surface area contributed by atoms with Crippen molar-refractivity contribution in [3.63, 3.8) is 0 Å². The molecule has 0 unspecified atom stereocenters. The quantitative estimate of drug-likeness (QED) is 0.899. The molecule has 21 heavy (non-hydrogen) atoms. The molecule has 1 fully saturated rings. The first-order valence-corrected chi connectivity index (χ1v) is 7.45. The summed E-state index contributed by atoms with van der Waals surface area (Å²) in [5, 5.41) is 0.